The van der Waals surface area contributed by atoms with Crippen molar-refractivity contribution in [2.45, 2.75) is 58.9 Å². The molecule has 0 atom stereocenters. The summed E-state index contributed by atoms with van der Waals surface area (Å²) in [6.07, 6.45) is 13.4. The van der Waals surface area contributed by atoms with Crippen molar-refractivity contribution in [3.63, 3.8) is 0 Å². The second-order valence-electron chi connectivity index (χ2n) is 7.13. The summed E-state index contributed by atoms with van der Waals surface area (Å²) in [5.74, 6) is 0. The molecule has 1 aromatic heterocycles. The second-order valence-corrected chi connectivity index (χ2v) is 7.13. The third-order valence-electron chi connectivity index (χ3n) is 5.05. The SMILES string of the molecule is CCCCCCN(CC)CCn1cnc2cc(/C=C/CCCNO)ccc21. The van der Waals surface area contributed by atoms with Gasteiger partial charge in [0.05, 0.1) is 17.4 Å². The number of fused-ring (bicyclic) bond motifs is 1. The lowest BCUT2D eigenvalue weighted by molar-refractivity contribution is 0.166. The largest absolute Gasteiger partial charge is 0.329 e. The lowest BCUT2D eigenvalue weighted by atomic mass is 10.1. The van der Waals surface area contributed by atoms with E-state index >= 15 is 0 Å². The number of imidazole rings is 1. The maximum absolute atomic E-state index is 8.57. The summed E-state index contributed by atoms with van der Waals surface area (Å²) < 4.78 is 2.27. The fraction of sp³-hybridized carbons (Fsp3) is 0.591. The fourth-order valence-electron chi connectivity index (χ4n) is 3.32. The Bertz CT molecular complexity index is 680. The predicted octanol–water partition coefficient (Wildman–Crippen LogP) is 4.71. The number of nitrogens with one attached hydrogen (secondary N) is 1. The first-order valence-corrected chi connectivity index (χ1v) is 10.5. The van der Waals surface area contributed by atoms with Gasteiger partial charge in [0.1, 0.15) is 0 Å². The van der Waals surface area contributed by atoms with Crippen LogP contribution in [0.15, 0.2) is 30.6 Å². The number of likely N-dealkylation sites (N-methyl/N-ethyl adjacent to an activating group) is 1. The molecule has 0 fully saturated rings. The Morgan fingerprint density at radius 1 is 1.15 bits per heavy atom. The van der Waals surface area contributed by atoms with Gasteiger partial charge in [0, 0.05) is 19.6 Å². The molecule has 0 aliphatic rings. The van der Waals surface area contributed by atoms with Crippen molar-refractivity contribution in [1.29, 1.82) is 0 Å². The topological polar surface area (TPSA) is 53.3 Å². The number of rotatable bonds is 14. The van der Waals surface area contributed by atoms with E-state index in [1.807, 2.05) is 6.33 Å². The molecule has 0 bridgehead atoms. The third kappa shape index (κ3) is 7.45. The monoisotopic (exact) mass is 372 g/mol. The zero-order valence-electron chi connectivity index (χ0n) is 17.0. The minimum Gasteiger partial charge on any atom is -0.329 e. The number of aromatic nitrogens is 2. The molecule has 0 aliphatic heterocycles. The molecule has 0 aliphatic carbocycles. The summed E-state index contributed by atoms with van der Waals surface area (Å²) in [6, 6.07) is 6.48. The number of hydroxylamine groups is 1. The molecule has 0 saturated heterocycles. The molecule has 0 saturated carbocycles. The molecule has 1 heterocycles. The average molecular weight is 373 g/mol. The van der Waals surface area contributed by atoms with Crippen LogP contribution < -0.4 is 5.48 Å². The van der Waals surface area contributed by atoms with Crippen LogP contribution in [0.25, 0.3) is 17.1 Å². The number of hydrogen-bond acceptors (Lipinski definition) is 4. The van der Waals surface area contributed by atoms with Gasteiger partial charge in [-0.1, -0.05) is 51.3 Å². The number of allylic oxidation sites excluding steroid dienone is 1. The van der Waals surface area contributed by atoms with Crippen molar-refractivity contribution in [1.82, 2.24) is 19.9 Å². The van der Waals surface area contributed by atoms with Crippen LogP contribution in [0.5, 0.6) is 0 Å². The molecule has 0 spiro atoms. The third-order valence-corrected chi connectivity index (χ3v) is 5.05. The summed E-state index contributed by atoms with van der Waals surface area (Å²) >= 11 is 0. The van der Waals surface area contributed by atoms with E-state index in [1.165, 1.54) is 43.3 Å². The van der Waals surface area contributed by atoms with Crippen molar-refractivity contribution in [2.24, 2.45) is 0 Å². The van der Waals surface area contributed by atoms with Crippen molar-refractivity contribution in [2.75, 3.05) is 26.2 Å². The van der Waals surface area contributed by atoms with Crippen LogP contribution in [-0.4, -0.2) is 45.8 Å². The van der Waals surface area contributed by atoms with Gasteiger partial charge in [-0.25, -0.2) is 10.5 Å². The van der Waals surface area contributed by atoms with Gasteiger partial charge in [-0.05, 0) is 50.0 Å². The van der Waals surface area contributed by atoms with Crippen molar-refractivity contribution >= 4 is 17.1 Å². The fourth-order valence-corrected chi connectivity index (χ4v) is 3.32. The zero-order chi connectivity index (χ0) is 19.3. The van der Waals surface area contributed by atoms with E-state index in [0.717, 1.165) is 38.0 Å². The molecule has 150 valence electrons. The Balaban J connectivity index is 1.87. The molecule has 2 aromatic rings. The molecule has 2 N–H and O–H groups in total. The van der Waals surface area contributed by atoms with Gasteiger partial charge in [-0.15, -0.1) is 0 Å². The first kappa shape index (κ1) is 21.6. The van der Waals surface area contributed by atoms with Crippen molar-refractivity contribution < 1.29 is 5.21 Å². The summed E-state index contributed by atoms with van der Waals surface area (Å²) in [4.78, 5) is 7.14. The molecule has 2 rings (SSSR count). The zero-order valence-corrected chi connectivity index (χ0v) is 17.0. The first-order chi connectivity index (χ1) is 13.3. The van der Waals surface area contributed by atoms with Gasteiger partial charge in [-0.3, -0.25) is 0 Å². The normalized spacial score (nSPS) is 12.0. The maximum atomic E-state index is 8.57. The van der Waals surface area contributed by atoms with Gasteiger partial charge in [0.25, 0.3) is 0 Å². The Labute approximate surface area is 164 Å². The highest BCUT2D eigenvalue weighted by Crippen LogP contribution is 2.16. The molecule has 0 unspecified atom stereocenters. The van der Waals surface area contributed by atoms with Crippen LogP contribution in [-0.2, 0) is 6.54 Å². The Kier molecular flexibility index (Phi) is 10.1. The van der Waals surface area contributed by atoms with Gasteiger partial charge >= 0.3 is 0 Å². The molecule has 5 heteroatoms. The van der Waals surface area contributed by atoms with Crippen LogP contribution in [0.2, 0.25) is 0 Å². The van der Waals surface area contributed by atoms with Gasteiger partial charge < -0.3 is 14.7 Å². The summed E-state index contributed by atoms with van der Waals surface area (Å²) in [6.45, 7) is 9.51. The van der Waals surface area contributed by atoms with E-state index in [2.05, 4.69) is 64.1 Å². The van der Waals surface area contributed by atoms with E-state index in [-0.39, 0.29) is 0 Å². The maximum Gasteiger partial charge on any atom is 0.0958 e. The van der Waals surface area contributed by atoms with Crippen LogP contribution in [0.1, 0.15) is 57.9 Å². The summed E-state index contributed by atoms with van der Waals surface area (Å²) in [7, 11) is 0. The van der Waals surface area contributed by atoms with E-state index in [9.17, 15) is 0 Å². The van der Waals surface area contributed by atoms with Crippen LogP contribution in [0, 0.1) is 0 Å². The van der Waals surface area contributed by atoms with E-state index < -0.39 is 0 Å². The average Bonchev–Trinajstić information content (AvgIpc) is 3.09. The van der Waals surface area contributed by atoms with Crippen molar-refractivity contribution in [3.05, 3.63) is 36.2 Å². The highest BCUT2D eigenvalue weighted by molar-refractivity contribution is 5.78. The summed E-state index contributed by atoms with van der Waals surface area (Å²) in [5, 5.41) is 8.57. The van der Waals surface area contributed by atoms with Gasteiger partial charge in [-0.2, -0.15) is 0 Å². The number of unbranched alkanes of at least 4 members (excludes halogenated alkanes) is 4. The molecule has 0 radical (unpaired) electrons. The summed E-state index contributed by atoms with van der Waals surface area (Å²) in [5.41, 5.74) is 5.62. The smallest absolute Gasteiger partial charge is 0.0958 e. The predicted molar refractivity (Wildman–Crippen MR) is 114 cm³/mol. The molecule has 5 nitrogen and oxygen atoms in total. The number of nitrogens with zero attached hydrogens (tertiary/aromatic N) is 3. The van der Waals surface area contributed by atoms with Gasteiger partial charge in [0.2, 0.25) is 0 Å². The van der Waals surface area contributed by atoms with Crippen LogP contribution >= 0.6 is 0 Å². The van der Waals surface area contributed by atoms with Crippen molar-refractivity contribution in [3.8, 4) is 0 Å². The Morgan fingerprint density at radius 3 is 2.81 bits per heavy atom. The van der Waals surface area contributed by atoms with E-state index in [4.69, 9.17) is 5.21 Å². The number of benzene rings is 1. The Morgan fingerprint density at radius 2 is 2.04 bits per heavy atom. The molecular weight excluding hydrogens is 336 g/mol. The quantitative estimate of drug-likeness (QED) is 0.372. The second kappa shape index (κ2) is 12.7. The minimum atomic E-state index is 0.626. The number of hydrogen-bond donors (Lipinski definition) is 2. The first-order valence-electron chi connectivity index (χ1n) is 10.5. The highest BCUT2D eigenvalue weighted by Gasteiger charge is 2.06. The van der Waals surface area contributed by atoms with E-state index in [0.29, 0.717) is 6.54 Å². The molecular formula is C22H36N4O. The molecule has 27 heavy (non-hydrogen) atoms. The lowest BCUT2D eigenvalue weighted by Crippen LogP contribution is -2.28. The van der Waals surface area contributed by atoms with E-state index in [1.54, 1.807) is 0 Å². The van der Waals surface area contributed by atoms with Crippen LogP contribution in [0.3, 0.4) is 0 Å². The van der Waals surface area contributed by atoms with Crippen LogP contribution in [0.4, 0.5) is 0 Å². The minimum absolute atomic E-state index is 0.626. The standard InChI is InChI=1S/C22H36N4O/c1-3-5-6-10-15-25(4-2)16-17-26-19-23-21-18-20(12-13-22(21)26)11-8-7-9-14-24-27/h8,11-13,18-19,24,27H,3-7,9-10,14-17H2,1-2H3/b11-8+. The van der Waals surface area contributed by atoms with Gasteiger partial charge in [0.15, 0.2) is 0 Å². The Hall–Kier alpha value is -1.69. The highest BCUT2D eigenvalue weighted by atomic mass is 16.5. The molecule has 0 amide bonds. The lowest BCUT2D eigenvalue weighted by Gasteiger charge is -2.20. The molecule has 1 aromatic carbocycles.